The van der Waals surface area contributed by atoms with Crippen molar-refractivity contribution in [2.24, 2.45) is 0 Å². The number of aliphatic hydroxyl groups is 2. The summed E-state index contributed by atoms with van der Waals surface area (Å²) < 4.78 is 5.11. The maximum absolute atomic E-state index is 8.06. The van der Waals surface area contributed by atoms with E-state index in [9.17, 15) is 0 Å². The van der Waals surface area contributed by atoms with Crippen LogP contribution in [0.15, 0.2) is 42.7 Å². The van der Waals surface area contributed by atoms with Crippen molar-refractivity contribution in [2.75, 3.05) is 0 Å². The minimum atomic E-state index is -0.167. The van der Waals surface area contributed by atoms with Crippen molar-refractivity contribution < 1.29 is 36.7 Å². The molecule has 108 valence electrons. The fourth-order valence-electron chi connectivity index (χ4n) is 0.626. The number of allylic oxidation sites excluding steroid dienone is 1. The van der Waals surface area contributed by atoms with Crippen LogP contribution in [0.2, 0.25) is 0 Å². The molecule has 0 spiro atoms. The predicted octanol–water partition coefficient (Wildman–Crippen LogP) is 3.18. The average Bonchev–Trinajstić information content (AvgIpc) is 2.26. The second-order valence-electron chi connectivity index (χ2n) is 3.99. The summed E-state index contributed by atoms with van der Waals surface area (Å²) in [6.07, 6.45) is 2.82. The molecule has 4 heteroatoms. The zero-order valence-electron chi connectivity index (χ0n) is 12.2. The van der Waals surface area contributed by atoms with Gasteiger partial charge >= 0.3 is 0 Å². The van der Waals surface area contributed by atoms with Crippen LogP contribution in [-0.2, 0) is 21.7 Å². The topological polar surface area (TPSA) is 49.7 Å². The second kappa shape index (κ2) is 17.3. The van der Waals surface area contributed by atoms with E-state index in [1.807, 2.05) is 30.3 Å². The van der Waals surface area contributed by atoms with Gasteiger partial charge in [0, 0.05) is 33.9 Å². The summed E-state index contributed by atoms with van der Waals surface area (Å²) in [5, 5.41) is 16.1. The molecule has 0 aliphatic heterocycles. The molecule has 0 heterocycles. The molecule has 0 unspecified atom stereocenters. The Balaban J connectivity index is -0.000000242. The van der Waals surface area contributed by atoms with Gasteiger partial charge < -0.3 is 14.9 Å². The Morgan fingerprint density at radius 1 is 1.00 bits per heavy atom. The molecule has 0 amide bonds. The number of aliphatic hydroxyl groups excluding tert-OH is 2. The first-order valence-electron chi connectivity index (χ1n) is 5.92. The minimum absolute atomic E-state index is 0. The number of hydrogen-bond donors (Lipinski definition) is 2. The van der Waals surface area contributed by atoms with Gasteiger partial charge in [-0.05, 0) is 39.8 Å². The van der Waals surface area contributed by atoms with Gasteiger partial charge in [-0.25, -0.2) is 6.92 Å². The van der Waals surface area contributed by atoms with E-state index in [2.05, 4.69) is 6.92 Å². The van der Waals surface area contributed by atoms with Gasteiger partial charge in [0.25, 0.3) is 0 Å². The predicted molar refractivity (Wildman–Crippen MR) is 76.3 cm³/mol. The quantitative estimate of drug-likeness (QED) is 0.501. The van der Waals surface area contributed by atoms with E-state index in [1.54, 1.807) is 40.0 Å². The van der Waals surface area contributed by atoms with Gasteiger partial charge in [-0.1, -0.05) is 24.5 Å². The van der Waals surface area contributed by atoms with Crippen molar-refractivity contribution in [3.8, 4) is 5.75 Å². The van der Waals surface area contributed by atoms with Crippen LogP contribution in [0.3, 0.4) is 0 Å². The monoisotopic (exact) mass is 301 g/mol. The van der Waals surface area contributed by atoms with Crippen LogP contribution in [0, 0.1) is 6.92 Å². The van der Waals surface area contributed by atoms with Crippen LogP contribution < -0.4 is 4.74 Å². The van der Waals surface area contributed by atoms with Gasteiger partial charge in [-0.3, -0.25) is 0 Å². The van der Waals surface area contributed by atoms with E-state index < -0.39 is 0 Å². The first-order valence-corrected chi connectivity index (χ1v) is 5.92. The smallest absolute Gasteiger partial charge is 0.104 e. The second-order valence-corrected chi connectivity index (χ2v) is 3.99. The average molecular weight is 301 g/mol. The number of para-hydroxylation sites is 1. The normalized spacial score (nSPS) is 9.05. The Labute approximate surface area is 132 Å². The third-order valence-corrected chi connectivity index (χ3v) is 1.04. The molecule has 2 N–H and O–H groups in total. The molecule has 1 aromatic carbocycles. The van der Waals surface area contributed by atoms with E-state index in [1.165, 1.54) is 0 Å². The van der Waals surface area contributed by atoms with Crippen LogP contribution in [-0.4, -0.2) is 22.4 Å². The molecule has 1 aromatic rings. The molecular formula is C15H25O3Ti-. The first-order chi connectivity index (χ1) is 8.40. The molecule has 0 aliphatic rings. The number of rotatable bonds is 2. The summed E-state index contributed by atoms with van der Waals surface area (Å²) >= 11 is 0. The van der Waals surface area contributed by atoms with E-state index in [0.717, 1.165) is 5.75 Å². The third kappa shape index (κ3) is 31.7. The molecule has 1 rings (SSSR count). The van der Waals surface area contributed by atoms with Crippen molar-refractivity contribution >= 4 is 0 Å². The van der Waals surface area contributed by atoms with E-state index in [-0.39, 0.29) is 33.9 Å². The molecule has 0 saturated heterocycles. The van der Waals surface area contributed by atoms with Crippen molar-refractivity contribution in [3.63, 3.8) is 0 Å². The van der Waals surface area contributed by atoms with Gasteiger partial charge in [0.05, 0.1) is 0 Å². The van der Waals surface area contributed by atoms with Gasteiger partial charge in [0.1, 0.15) is 5.75 Å². The summed E-state index contributed by atoms with van der Waals surface area (Å²) in [6, 6.07) is 9.57. The van der Waals surface area contributed by atoms with Crippen LogP contribution >= 0.6 is 0 Å². The molecular weight excluding hydrogens is 276 g/mol. The molecule has 0 aromatic heterocycles. The largest absolute Gasteiger partial charge is 0.553 e. The molecule has 0 bridgehead atoms. The molecule has 0 fully saturated rings. The van der Waals surface area contributed by atoms with E-state index >= 15 is 0 Å². The maximum Gasteiger partial charge on any atom is 0.104 e. The molecule has 3 nitrogen and oxygen atoms in total. The Hall–Kier alpha value is -0.736. The molecule has 19 heavy (non-hydrogen) atoms. The van der Waals surface area contributed by atoms with Crippen molar-refractivity contribution in [1.82, 2.24) is 0 Å². The Morgan fingerprint density at radius 2 is 1.37 bits per heavy atom. The Morgan fingerprint density at radius 3 is 1.68 bits per heavy atom. The van der Waals surface area contributed by atoms with Gasteiger partial charge in [0.15, 0.2) is 0 Å². The van der Waals surface area contributed by atoms with E-state index in [4.69, 9.17) is 14.9 Å². The standard InChI is InChI=1S/C9H9O.2C3H8O.Ti/c1-2-8-10-9-6-4-3-5-7-9;2*1-3(2)4;/h2-8H,1H2;2*3-4H,1-2H3;/q-1;;;/b8-2+;;;. The fourth-order valence-corrected chi connectivity index (χ4v) is 0.626. The summed E-state index contributed by atoms with van der Waals surface area (Å²) in [4.78, 5) is 0. The van der Waals surface area contributed by atoms with Crippen molar-refractivity contribution in [2.45, 2.75) is 39.9 Å². The third-order valence-electron chi connectivity index (χ3n) is 1.04. The SMILES string of the molecule is CC(C)O.CC(C)O.[CH2-]/C=C/Oc1ccccc1.[Ti]. The van der Waals surface area contributed by atoms with Crippen molar-refractivity contribution in [3.05, 3.63) is 49.6 Å². The Bertz CT molecular complexity index is 273. The number of benzene rings is 1. The van der Waals surface area contributed by atoms with Gasteiger partial charge in [-0.15, -0.1) is 0 Å². The van der Waals surface area contributed by atoms with E-state index in [0.29, 0.717) is 0 Å². The summed E-state index contributed by atoms with van der Waals surface area (Å²) in [5.41, 5.74) is 0. The van der Waals surface area contributed by atoms with Crippen LogP contribution in [0.5, 0.6) is 5.75 Å². The van der Waals surface area contributed by atoms with Gasteiger partial charge in [0.2, 0.25) is 0 Å². The maximum atomic E-state index is 8.06. The van der Waals surface area contributed by atoms with Crippen molar-refractivity contribution in [1.29, 1.82) is 0 Å². The first kappa shape index (κ1) is 23.4. The van der Waals surface area contributed by atoms with Crippen LogP contribution in [0.25, 0.3) is 0 Å². The molecule has 0 saturated carbocycles. The summed E-state index contributed by atoms with van der Waals surface area (Å²) in [7, 11) is 0. The van der Waals surface area contributed by atoms with Crippen LogP contribution in [0.1, 0.15) is 27.7 Å². The molecule has 0 atom stereocenters. The van der Waals surface area contributed by atoms with Gasteiger partial charge in [-0.2, -0.15) is 6.08 Å². The molecule has 0 aliphatic carbocycles. The number of hydrogen-bond acceptors (Lipinski definition) is 3. The molecule has 0 radical (unpaired) electrons. The minimum Gasteiger partial charge on any atom is -0.553 e. The van der Waals surface area contributed by atoms with Crippen LogP contribution in [0.4, 0.5) is 0 Å². The fraction of sp³-hybridized carbons (Fsp3) is 0.400. The Kier molecular flexibility index (Phi) is 21.2. The summed E-state index contributed by atoms with van der Waals surface area (Å²) in [5.74, 6) is 0.836. The zero-order valence-corrected chi connectivity index (χ0v) is 13.8. The number of ether oxygens (including phenoxy) is 1. The zero-order chi connectivity index (χ0) is 14.4. The summed E-state index contributed by atoms with van der Waals surface area (Å²) in [6.45, 7) is 10.4.